The molecule has 3 rings (SSSR count). The number of benzene rings is 1. The molecule has 2 aliphatic rings. The van der Waals surface area contributed by atoms with Crippen LogP contribution in [0.3, 0.4) is 0 Å². The number of hydroxylamine groups is 2. The van der Waals surface area contributed by atoms with Crippen LogP contribution in [0.1, 0.15) is 29.4 Å². The van der Waals surface area contributed by atoms with Crippen molar-refractivity contribution >= 4 is 11.4 Å². The maximum absolute atomic E-state index is 9.57. The molecule has 0 spiro atoms. The van der Waals surface area contributed by atoms with Crippen molar-refractivity contribution < 1.29 is 5.21 Å². The van der Waals surface area contributed by atoms with E-state index < -0.39 is 0 Å². The van der Waals surface area contributed by atoms with Crippen molar-refractivity contribution in [2.45, 2.75) is 18.3 Å². The van der Waals surface area contributed by atoms with E-state index in [0.717, 1.165) is 6.42 Å². The summed E-state index contributed by atoms with van der Waals surface area (Å²) in [6.45, 7) is 1.43. The minimum atomic E-state index is 0.423. The van der Waals surface area contributed by atoms with Gasteiger partial charge < -0.3 is 16.7 Å². The molecule has 5 N–H and O–H groups in total. The van der Waals surface area contributed by atoms with Crippen LogP contribution in [0, 0.1) is 0 Å². The minimum Gasteiger partial charge on any atom is -0.397 e. The highest BCUT2D eigenvalue weighted by molar-refractivity contribution is 5.68. The fourth-order valence-corrected chi connectivity index (χ4v) is 2.90. The topological polar surface area (TPSA) is 75.5 Å². The molecule has 1 saturated heterocycles. The smallest absolute Gasteiger partial charge is 0.0550 e. The predicted octanol–water partition coefficient (Wildman–Crippen LogP) is 1.13. The molecule has 1 aromatic carbocycles. The average molecular weight is 205 g/mol. The Hall–Kier alpha value is -1.26. The Labute approximate surface area is 88.4 Å². The Kier molecular flexibility index (Phi) is 1.72. The van der Waals surface area contributed by atoms with Gasteiger partial charge in [0.15, 0.2) is 0 Å². The standard InChI is InChI=1S/C11H15N3O/c12-10-2-8-6-1-7(5-14(15)4-6)9(8)3-11(10)13/h2-3,6-7,15H,1,4-5,12-13H2. The van der Waals surface area contributed by atoms with Gasteiger partial charge in [0.05, 0.1) is 11.4 Å². The number of nitrogens with zero attached hydrogens (tertiary/aromatic N) is 1. The van der Waals surface area contributed by atoms with Crippen LogP contribution in [0.25, 0.3) is 0 Å². The number of piperidine rings is 1. The van der Waals surface area contributed by atoms with Crippen molar-refractivity contribution in [3.8, 4) is 0 Å². The van der Waals surface area contributed by atoms with Gasteiger partial charge in [-0.15, -0.1) is 0 Å². The van der Waals surface area contributed by atoms with Crippen LogP contribution in [0.5, 0.6) is 0 Å². The second-order valence-corrected chi connectivity index (χ2v) is 4.61. The van der Waals surface area contributed by atoms with Crippen LogP contribution in [0.4, 0.5) is 11.4 Å². The SMILES string of the molecule is Nc1cc2c(cc1N)C1CC2CN(O)C1. The van der Waals surface area contributed by atoms with E-state index in [1.54, 1.807) is 0 Å². The second kappa shape index (κ2) is 2.87. The van der Waals surface area contributed by atoms with Crippen LogP contribution >= 0.6 is 0 Å². The van der Waals surface area contributed by atoms with E-state index in [0.29, 0.717) is 36.3 Å². The highest BCUT2D eigenvalue weighted by Gasteiger charge is 2.37. The van der Waals surface area contributed by atoms with Crippen molar-refractivity contribution in [2.75, 3.05) is 24.6 Å². The van der Waals surface area contributed by atoms with E-state index in [4.69, 9.17) is 11.5 Å². The van der Waals surface area contributed by atoms with Crippen molar-refractivity contribution in [1.82, 2.24) is 5.06 Å². The molecule has 1 aromatic rings. The largest absolute Gasteiger partial charge is 0.397 e. The lowest BCUT2D eigenvalue weighted by molar-refractivity contribution is -0.110. The molecule has 0 aromatic heterocycles. The van der Waals surface area contributed by atoms with Crippen LogP contribution in [0.15, 0.2) is 12.1 Å². The zero-order valence-electron chi connectivity index (χ0n) is 8.48. The Bertz CT molecular complexity index is 382. The molecule has 4 heteroatoms. The number of nitrogen functional groups attached to an aromatic ring is 2. The third kappa shape index (κ3) is 1.22. The predicted molar refractivity (Wildman–Crippen MR) is 58.7 cm³/mol. The van der Waals surface area contributed by atoms with Gasteiger partial charge in [-0.2, -0.15) is 5.06 Å². The van der Waals surface area contributed by atoms with E-state index in [-0.39, 0.29) is 0 Å². The zero-order valence-corrected chi connectivity index (χ0v) is 8.48. The normalized spacial score (nSPS) is 29.1. The molecule has 0 radical (unpaired) electrons. The van der Waals surface area contributed by atoms with Gasteiger partial charge in [-0.3, -0.25) is 0 Å². The van der Waals surface area contributed by atoms with Crippen LogP contribution in [-0.4, -0.2) is 23.4 Å². The fraction of sp³-hybridized carbons (Fsp3) is 0.455. The van der Waals surface area contributed by atoms with Gasteiger partial charge in [0.1, 0.15) is 0 Å². The quantitative estimate of drug-likeness (QED) is 0.555. The molecule has 2 bridgehead atoms. The van der Waals surface area contributed by atoms with Crippen molar-refractivity contribution in [3.05, 3.63) is 23.3 Å². The summed E-state index contributed by atoms with van der Waals surface area (Å²) in [4.78, 5) is 0. The molecule has 15 heavy (non-hydrogen) atoms. The molecule has 0 saturated carbocycles. The molecule has 0 amide bonds. The van der Waals surface area contributed by atoms with Gasteiger partial charge in [-0.25, -0.2) is 0 Å². The van der Waals surface area contributed by atoms with Crippen molar-refractivity contribution in [3.63, 3.8) is 0 Å². The van der Waals surface area contributed by atoms with Gasteiger partial charge in [-0.1, -0.05) is 0 Å². The lowest BCUT2D eigenvalue weighted by Crippen LogP contribution is -2.31. The zero-order chi connectivity index (χ0) is 10.6. The second-order valence-electron chi connectivity index (χ2n) is 4.61. The van der Waals surface area contributed by atoms with Gasteiger partial charge in [0, 0.05) is 13.1 Å². The Morgan fingerprint density at radius 2 is 1.53 bits per heavy atom. The number of nitrogens with two attached hydrogens (primary N) is 2. The van der Waals surface area contributed by atoms with Gasteiger partial charge in [-0.05, 0) is 41.5 Å². The maximum Gasteiger partial charge on any atom is 0.0550 e. The van der Waals surface area contributed by atoms with E-state index >= 15 is 0 Å². The van der Waals surface area contributed by atoms with Crippen LogP contribution in [-0.2, 0) is 0 Å². The average Bonchev–Trinajstić information content (AvgIpc) is 2.41. The van der Waals surface area contributed by atoms with Crippen LogP contribution < -0.4 is 11.5 Å². The molecule has 1 aliphatic heterocycles. The van der Waals surface area contributed by atoms with Gasteiger partial charge in [0.25, 0.3) is 0 Å². The summed E-state index contributed by atoms with van der Waals surface area (Å²) < 4.78 is 0. The lowest BCUT2D eigenvalue weighted by Gasteiger charge is -2.26. The van der Waals surface area contributed by atoms with Crippen molar-refractivity contribution in [1.29, 1.82) is 0 Å². The van der Waals surface area contributed by atoms with E-state index in [9.17, 15) is 5.21 Å². The number of hydrogen-bond donors (Lipinski definition) is 3. The monoisotopic (exact) mass is 205 g/mol. The summed E-state index contributed by atoms with van der Waals surface area (Å²) in [5.74, 6) is 0.846. The first-order valence-corrected chi connectivity index (χ1v) is 5.27. The summed E-state index contributed by atoms with van der Waals surface area (Å²) in [5, 5.41) is 11.0. The fourth-order valence-electron chi connectivity index (χ4n) is 2.90. The minimum absolute atomic E-state index is 0.423. The lowest BCUT2D eigenvalue weighted by atomic mass is 9.97. The molecule has 80 valence electrons. The summed E-state index contributed by atoms with van der Waals surface area (Å²) in [6.07, 6.45) is 1.12. The number of hydrogen-bond acceptors (Lipinski definition) is 4. The van der Waals surface area contributed by atoms with Gasteiger partial charge in [0.2, 0.25) is 0 Å². The number of rotatable bonds is 0. The maximum atomic E-state index is 9.57. The first-order valence-electron chi connectivity index (χ1n) is 5.27. The van der Waals surface area contributed by atoms with E-state index in [1.807, 2.05) is 12.1 Å². The summed E-state index contributed by atoms with van der Waals surface area (Å²) in [6, 6.07) is 3.96. The van der Waals surface area contributed by atoms with Crippen LogP contribution in [0.2, 0.25) is 0 Å². The Morgan fingerprint density at radius 1 is 1.07 bits per heavy atom. The summed E-state index contributed by atoms with van der Waals surface area (Å²) >= 11 is 0. The van der Waals surface area contributed by atoms with E-state index in [2.05, 4.69) is 0 Å². The Morgan fingerprint density at radius 3 is 2.00 bits per heavy atom. The first-order chi connectivity index (χ1) is 7.15. The van der Waals surface area contributed by atoms with E-state index in [1.165, 1.54) is 16.2 Å². The first kappa shape index (κ1) is 9.00. The molecule has 1 heterocycles. The summed E-state index contributed by atoms with van der Waals surface area (Å²) in [5.41, 5.74) is 15.5. The molecular formula is C11H15N3O. The summed E-state index contributed by atoms with van der Waals surface area (Å²) in [7, 11) is 0. The molecule has 2 atom stereocenters. The molecule has 4 nitrogen and oxygen atoms in total. The van der Waals surface area contributed by atoms with Crippen molar-refractivity contribution in [2.24, 2.45) is 0 Å². The highest BCUT2D eigenvalue weighted by Crippen LogP contribution is 2.47. The van der Waals surface area contributed by atoms with Gasteiger partial charge >= 0.3 is 0 Å². The molecule has 1 fully saturated rings. The highest BCUT2D eigenvalue weighted by atomic mass is 16.5. The third-order valence-corrected chi connectivity index (χ3v) is 3.60. The number of anilines is 2. The number of fused-ring (bicyclic) bond motifs is 5. The molecular weight excluding hydrogens is 190 g/mol. The molecule has 2 unspecified atom stereocenters. The Balaban J connectivity index is 2.12. The third-order valence-electron chi connectivity index (χ3n) is 3.60. The molecule has 1 aliphatic carbocycles.